The van der Waals surface area contributed by atoms with E-state index >= 15 is 0 Å². The molecular formula is C16H29NO2. The molecule has 2 aliphatic heterocycles. The van der Waals surface area contributed by atoms with Gasteiger partial charge in [-0.15, -0.1) is 0 Å². The molecule has 1 spiro atoms. The number of nitrogens with one attached hydrogen (secondary N) is 1. The molecule has 0 aromatic carbocycles. The molecule has 3 rings (SSSR count). The molecule has 1 aliphatic carbocycles. The maximum Gasteiger partial charge on any atom is 0.0939 e. The smallest absolute Gasteiger partial charge is 0.0939 e. The molecule has 1 saturated carbocycles. The van der Waals surface area contributed by atoms with Gasteiger partial charge in [-0.25, -0.2) is 0 Å². The number of rotatable bonds is 5. The topological polar surface area (TPSA) is 30.5 Å². The fourth-order valence-electron chi connectivity index (χ4n) is 4.06. The maximum atomic E-state index is 6.09. The Hall–Kier alpha value is -0.120. The van der Waals surface area contributed by atoms with Crippen LogP contribution in [0.25, 0.3) is 0 Å². The lowest BCUT2D eigenvalue weighted by Gasteiger charge is -2.45. The lowest BCUT2D eigenvalue weighted by Crippen LogP contribution is -2.51. The van der Waals surface area contributed by atoms with E-state index in [4.69, 9.17) is 9.47 Å². The van der Waals surface area contributed by atoms with Gasteiger partial charge >= 0.3 is 0 Å². The van der Waals surface area contributed by atoms with Crippen LogP contribution < -0.4 is 5.32 Å². The van der Waals surface area contributed by atoms with Crippen LogP contribution in [-0.4, -0.2) is 38.0 Å². The third kappa shape index (κ3) is 2.98. The summed E-state index contributed by atoms with van der Waals surface area (Å²) in [5.74, 6) is 1.72. The zero-order chi connectivity index (χ0) is 13.1. The first-order chi connectivity index (χ1) is 9.33. The highest BCUT2D eigenvalue weighted by Gasteiger charge is 2.44. The Bertz CT molecular complexity index is 284. The largest absolute Gasteiger partial charge is 0.378 e. The summed E-state index contributed by atoms with van der Waals surface area (Å²) in [6.07, 6.45) is 9.09. The minimum Gasteiger partial charge on any atom is -0.378 e. The fraction of sp³-hybridized carbons (Fsp3) is 1.00. The predicted molar refractivity (Wildman–Crippen MR) is 76.3 cm³/mol. The second kappa shape index (κ2) is 6.11. The van der Waals surface area contributed by atoms with Gasteiger partial charge in [0, 0.05) is 25.7 Å². The van der Waals surface area contributed by atoms with E-state index in [1.54, 1.807) is 0 Å². The van der Waals surface area contributed by atoms with Crippen LogP contribution in [0, 0.1) is 11.8 Å². The van der Waals surface area contributed by atoms with Gasteiger partial charge in [0.05, 0.1) is 12.2 Å². The van der Waals surface area contributed by atoms with Crippen LogP contribution in [0.4, 0.5) is 0 Å². The van der Waals surface area contributed by atoms with Crippen molar-refractivity contribution in [3.8, 4) is 0 Å². The Balaban J connectivity index is 1.63. The maximum absolute atomic E-state index is 6.09. The van der Waals surface area contributed by atoms with E-state index in [2.05, 4.69) is 12.2 Å². The summed E-state index contributed by atoms with van der Waals surface area (Å²) >= 11 is 0. The van der Waals surface area contributed by atoms with Crippen LogP contribution >= 0.6 is 0 Å². The summed E-state index contributed by atoms with van der Waals surface area (Å²) in [6, 6.07) is 0.732. The molecule has 19 heavy (non-hydrogen) atoms. The van der Waals surface area contributed by atoms with Crippen molar-refractivity contribution >= 4 is 0 Å². The number of ether oxygens (including phenoxy) is 2. The minimum absolute atomic E-state index is 0.0683. The van der Waals surface area contributed by atoms with Crippen LogP contribution in [0.1, 0.15) is 51.9 Å². The highest BCUT2D eigenvalue weighted by molar-refractivity contribution is 4.96. The third-order valence-corrected chi connectivity index (χ3v) is 5.39. The molecule has 0 bridgehead atoms. The summed E-state index contributed by atoms with van der Waals surface area (Å²) in [5, 5.41) is 3.85. The molecular weight excluding hydrogens is 238 g/mol. The van der Waals surface area contributed by atoms with Crippen molar-refractivity contribution in [2.24, 2.45) is 11.8 Å². The number of hydrogen-bond acceptors (Lipinski definition) is 3. The van der Waals surface area contributed by atoms with Gasteiger partial charge in [-0.1, -0.05) is 13.3 Å². The first kappa shape index (κ1) is 13.8. The van der Waals surface area contributed by atoms with E-state index in [0.29, 0.717) is 0 Å². The standard InChI is InChI=1S/C16H29NO2/c1-2-8-17-15(13-4-3-5-13)14-6-9-19-16(11-14)7-10-18-12-16/h13-15,17H,2-12H2,1H3. The summed E-state index contributed by atoms with van der Waals surface area (Å²) in [4.78, 5) is 0. The second-order valence-electron chi connectivity index (χ2n) is 6.76. The van der Waals surface area contributed by atoms with E-state index < -0.39 is 0 Å². The second-order valence-corrected chi connectivity index (χ2v) is 6.76. The van der Waals surface area contributed by atoms with Crippen molar-refractivity contribution < 1.29 is 9.47 Å². The van der Waals surface area contributed by atoms with Crippen LogP contribution in [0.15, 0.2) is 0 Å². The van der Waals surface area contributed by atoms with Gasteiger partial charge in [0.1, 0.15) is 0 Å². The molecule has 0 radical (unpaired) electrons. The summed E-state index contributed by atoms with van der Waals surface area (Å²) in [5.41, 5.74) is 0.0683. The Morgan fingerprint density at radius 2 is 2.11 bits per heavy atom. The Labute approximate surface area is 117 Å². The highest BCUT2D eigenvalue weighted by atomic mass is 16.6. The Morgan fingerprint density at radius 3 is 2.74 bits per heavy atom. The quantitative estimate of drug-likeness (QED) is 0.831. The van der Waals surface area contributed by atoms with Crippen LogP contribution in [0.2, 0.25) is 0 Å². The predicted octanol–water partition coefficient (Wildman–Crippen LogP) is 2.74. The first-order valence-electron chi connectivity index (χ1n) is 8.28. The molecule has 3 heteroatoms. The Morgan fingerprint density at radius 1 is 1.21 bits per heavy atom. The van der Waals surface area contributed by atoms with Gasteiger partial charge in [-0.2, -0.15) is 0 Å². The van der Waals surface area contributed by atoms with Gasteiger partial charge in [-0.05, 0) is 50.5 Å². The summed E-state index contributed by atoms with van der Waals surface area (Å²) in [7, 11) is 0. The van der Waals surface area contributed by atoms with Crippen molar-refractivity contribution in [3.63, 3.8) is 0 Å². The molecule has 3 aliphatic rings. The van der Waals surface area contributed by atoms with Crippen molar-refractivity contribution in [2.75, 3.05) is 26.4 Å². The van der Waals surface area contributed by atoms with Crippen molar-refractivity contribution in [2.45, 2.75) is 63.5 Å². The van der Waals surface area contributed by atoms with Gasteiger partial charge in [0.15, 0.2) is 0 Å². The molecule has 1 N–H and O–H groups in total. The third-order valence-electron chi connectivity index (χ3n) is 5.39. The first-order valence-corrected chi connectivity index (χ1v) is 8.28. The fourth-order valence-corrected chi connectivity index (χ4v) is 4.06. The van der Waals surface area contributed by atoms with Gasteiger partial charge in [0.25, 0.3) is 0 Å². The molecule has 3 fully saturated rings. The van der Waals surface area contributed by atoms with Crippen molar-refractivity contribution in [3.05, 3.63) is 0 Å². The average Bonchev–Trinajstić information content (AvgIpc) is 2.80. The van der Waals surface area contributed by atoms with Gasteiger partial charge in [0.2, 0.25) is 0 Å². The van der Waals surface area contributed by atoms with Crippen LogP contribution in [0.5, 0.6) is 0 Å². The SMILES string of the molecule is CCCNC(C1CCC1)C1CCOC2(CCOC2)C1. The lowest BCUT2D eigenvalue weighted by molar-refractivity contribution is -0.107. The average molecular weight is 267 g/mol. The van der Waals surface area contributed by atoms with Gasteiger partial charge in [-0.3, -0.25) is 0 Å². The van der Waals surface area contributed by atoms with Gasteiger partial charge < -0.3 is 14.8 Å². The molecule has 2 saturated heterocycles. The molecule has 2 heterocycles. The van der Waals surface area contributed by atoms with E-state index in [1.807, 2.05) is 0 Å². The molecule has 3 unspecified atom stereocenters. The molecule has 0 aromatic heterocycles. The van der Waals surface area contributed by atoms with E-state index in [9.17, 15) is 0 Å². The molecule has 3 atom stereocenters. The van der Waals surface area contributed by atoms with E-state index in [1.165, 1.54) is 45.1 Å². The monoisotopic (exact) mass is 267 g/mol. The highest BCUT2D eigenvalue weighted by Crippen LogP contribution is 2.41. The zero-order valence-corrected chi connectivity index (χ0v) is 12.3. The van der Waals surface area contributed by atoms with Crippen molar-refractivity contribution in [1.82, 2.24) is 5.32 Å². The molecule has 110 valence electrons. The molecule has 0 aromatic rings. The van der Waals surface area contributed by atoms with E-state index in [0.717, 1.165) is 44.1 Å². The normalized spacial score (nSPS) is 37.4. The molecule has 3 nitrogen and oxygen atoms in total. The molecule has 0 amide bonds. The lowest BCUT2D eigenvalue weighted by atomic mass is 9.70. The minimum atomic E-state index is 0.0683. The summed E-state index contributed by atoms with van der Waals surface area (Å²) < 4.78 is 11.7. The van der Waals surface area contributed by atoms with Crippen LogP contribution in [-0.2, 0) is 9.47 Å². The van der Waals surface area contributed by atoms with Crippen LogP contribution in [0.3, 0.4) is 0 Å². The Kier molecular flexibility index (Phi) is 4.45. The zero-order valence-electron chi connectivity index (χ0n) is 12.3. The van der Waals surface area contributed by atoms with E-state index in [-0.39, 0.29) is 5.60 Å². The number of hydrogen-bond donors (Lipinski definition) is 1. The summed E-state index contributed by atoms with van der Waals surface area (Å²) in [6.45, 7) is 6.09. The van der Waals surface area contributed by atoms with Crippen molar-refractivity contribution in [1.29, 1.82) is 0 Å².